The Morgan fingerprint density at radius 2 is 1.67 bits per heavy atom. The third-order valence-electron chi connectivity index (χ3n) is 5.46. The van der Waals surface area contributed by atoms with Gasteiger partial charge in [0.05, 0.1) is 5.92 Å². The molecule has 2 aliphatic rings. The van der Waals surface area contributed by atoms with Crippen LogP contribution >= 0.6 is 0 Å². The lowest BCUT2D eigenvalue weighted by molar-refractivity contribution is -0.160. The van der Waals surface area contributed by atoms with Crippen molar-refractivity contribution in [2.75, 3.05) is 19.6 Å². The van der Waals surface area contributed by atoms with Gasteiger partial charge in [0.1, 0.15) is 18.2 Å². The number of piperidine rings is 1. The van der Waals surface area contributed by atoms with E-state index < -0.39 is 29.6 Å². The number of benzene rings is 1. The van der Waals surface area contributed by atoms with Gasteiger partial charge in [0.15, 0.2) is 0 Å². The van der Waals surface area contributed by atoms with Crippen LogP contribution in [-0.4, -0.2) is 59.0 Å². The number of amides is 2. The molecule has 0 N–H and O–H groups in total. The Morgan fingerprint density at radius 1 is 1.00 bits per heavy atom. The number of carbonyl (C=O) groups excluding carboxylic acids is 3. The molecule has 7 heteroatoms. The highest BCUT2D eigenvalue weighted by Gasteiger charge is 2.46. The molecular formula is C23H32N2O5. The van der Waals surface area contributed by atoms with Crippen LogP contribution in [0.5, 0.6) is 0 Å². The molecule has 7 nitrogen and oxygen atoms in total. The van der Waals surface area contributed by atoms with Crippen LogP contribution in [-0.2, 0) is 25.7 Å². The van der Waals surface area contributed by atoms with E-state index in [2.05, 4.69) is 0 Å². The van der Waals surface area contributed by atoms with Crippen LogP contribution in [0, 0.1) is 5.92 Å². The first-order chi connectivity index (χ1) is 14.3. The fourth-order valence-electron chi connectivity index (χ4n) is 4.06. The van der Waals surface area contributed by atoms with E-state index in [0.29, 0.717) is 32.5 Å². The zero-order valence-electron chi connectivity index (χ0n) is 18.1. The second-order valence-corrected chi connectivity index (χ2v) is 8.99. The molecule has 2 atom stereocenters. The Labute approximate surface area is 178 Å². The van der Waals surface area contributed by atoms with Crippen molar-refractivity contribution < 1.29 is 23.9 Å². The molecule has 1 aromatic carbocycles. The van der Waals surface area contributed by atoms with Gasteiger partial charge >= 0.3 is 12.1 Å². The van der Waals surface area contributed by atoms with Crippen molar-refractivity contribution >= 4 is 18.0 Å². The molecule has 2 fully saturated rings. The summed E-state index contributed by atoms with van der Waals surface area (Å²) in [5.74, 6) is -1.22. The smallest absolute Gasteiger partial charge is 0.411 e. The van der Waals surface area contributed by atoms with Gasteiger partial charge in [-0.05, 0) is 52.0 Å². The summed E-state index contributed by atoms with van der Waals surface area (Å²) in [5.41, 5.74) is 0.162. The Balaban J connectivity index is 1.80. The normalized spacial score (nSPS) is 22.0. The number of rotatable bonds is 4. The molecule has 2 heterocycles. The van der Waals surface area contributed by atoms with Crippen molar-refractivity contribution in [1.29, 1.82) is 0 Å². The quantitative estimate of drug-likeness (QED) is 0.704. The second kappa shape index (κ2) is 9.49. The number of esters is 1. The third kappa shape index (κ3) is 5.52. The molecule has 2 amide bonds. The fraction of sp³-hybridized carbons (Fsp3) is 0.609. The number of nitrogens with zero attached hydrogens (tertiary/aromatic N) is 2. The number of hydrogen-bond acceptors (Lipinski definition) is 5. The Bertz CT molecular complexity index is 753. The maximum Gasteiger partial charge on any atom is 0.411 e. The number of hydrogen-bond donors (Lipinski definition) is 0. The Kier molecular flexibility index (Phi) is 7.00. The van der Waals surface area contributed by atoms with E-state index in [9.17, 15) is 14.4 Å². The van der Waals surface area contributed by atoms with Crippen molar-refractivity contribution in [3.63, 3.8) is 0 Å². The maximum atomic E-state index is 13.2. The minimum atomic E-state index is -0.967. The van der Waals surface area contributed by atoms with Gasteiger partial charge in [0.2, 0.25) is 5.91 Å². The SMILES string of the molecule is CC(C)(C)OC(=O)N1CCC[C@@H](C(=O)N2CCCC2)[C@H]1C(=O)OCc1ccccc1. The zero-order valence-corrected chi connectivity index (χ0v) is 18.1. The van der Waals surface area contributed by atoms with Gasteiger partial charge in [0, 0.05) is 19.6 Å². The monoisotopic (exact) mass is 416 g/mol. The Hall–Kier alpha value is -2.57. The molecular weight excluding hydrogens is 384 g/mol. The molecule has 164 valence electrons. The molecule has 2 aliphatic heterocycles. The molecule has 0 aliphatic carbocycles. The van der Waals surface area contributed by atoms with Crippen LogP contribution in [0.15, 0.2) is 30.3 Å². The average Bonchev–Trinajstić information content (AvgIpc) is 3.25. The number of ether oxygens (including phenoxy) is 2. The molecule has 30 heavy (non-hydrogen) atoms. The summed E-state index contributed by atoms with van der Waals surface area (Å²) < 4.78 is 11.1. The second-order valence-electron chi connectivity index (χ2n) is 8.99. The number of likely N-dealkylation sites (tertiary alicyclic amines) is 2. The molecule has 0 unspecified atom stereocenters. The van der Waals surface area contributed by atoms with Crippen molar-refractivity contribution in [2.45, 2.75) is 64.7 Å². The highest BCUT2D eigenvalue weighted by atomic mass is 16.6. The van der Waals surface area contributed by atoms with E-state index in [1.54, 1.807) is 25.7 Å². The Morgan fingerprint density at radius 3 is 2.30 bits per heavy atom. The van der Waals surface area contributed by atoms with Crippen molar-refractivity contribution in [3.8, 4) is 0 Å². The molecule has 0 radical (unpaired) electrons. The predicted octanol–water partition coefficient (Wildman–Crippen LogP) is 3.37. The first-order valence-electron chi connectivity index (χ1n) is 10.8. The molecule has 0 aromatic heterocycles. The molecule has 3 rings (SSSR count). The van der Waals surface area contributed by atoms with E-state index in [4.69, 9.17) is 9.47 Å². The summed E-state index contributed by atoms with van der Waals surface area (Å²) in [6.45, 7) is 7.22. The predicted molar refractivity (Wildman–Crippen MR) is 112 cm³/mol. The third-order valence-corrected chi connectivity index (χ3v) is 5.46. The first kappa shape index (κ1) is 22.1. The van der Waals surface area contributed by atoms with Crippen LogP contribution in [0.25, 0.3) is 0 Å². The van der Waals surface area contributed by atoms with Crippen molar-refractivity contribution in [1.82, 2.24) is 9.80 Å². The summed E-state index contributed by atoms with van der Waals surface area (Å²) >= 11 is 0. The van der Waals surface area contributed by atoms with Gasteiger partial charge in [-0.2, -0.15) is 0 Å². The summed E-state index contributed by atoms with van der Waals surface area (Å²) in [7, 11) is 0. The largest absolute Gasteiger partial charge is 0.459 e. The van der Waals surface area contributed by atoms with Crippen LogP contribution in [0.4, 0.5) is 4.79 Å². The minimum Gasteiger partial charge on any atom is -0.459 e. The van der Waals surface area contributed by atoms with Crippen LogP contribution in [0.3, 0.4) is 0 Å². The van der Waals surface area contributed by atoms with Gasteiger partial charge in [-0.1, -0.05) is 30.3 Å². The highest BCUT2D eigenvalue weighted by molar-refractivity contribution is 5.90. The molecule has 2 saturated heterocycles. The van der Waals surface area contributed by atoms with Gasteiger partial charge in [0.25, 0.3) is 0 Å². The molecule has 1 aromatic rings. The topological polar surface area (TPSA) is 76.2 Å². The minimum absolute atomic E-state index is 0.0672. The van der Waals surface area contributed by atoms with Gasteiger partial charge in [-0.15, -0.1) is 0 Å². The van der Waals surface area contributed by atoms with Crippen LogP contribution < -0.4 is 0 Å². The lowest BCUT2D eigenvalue weighted by Gasteiger charge is -2.40. The van der Waals surface area contributed by atoms with Crippen molar-refractivity contribution in [3.05, 3.63) is 35.9 Å². The zero-order chi connectivity index (χ0) is 21.7. The molecule has 0 saturated carbocycles. The molecule has 0 bridgehead atoms. The van der Waals surface area contributed by atoms with E-state index in [1.807, 2.05) is 30.3 Å². The standard InChI is InChI=1S/C23H32N2O5/c1-23(2,3)30-22(28)25-15-9-12-18(20(26)24-13-7-8-14-24)19(25)21(27)29-16-17-10-5-4-6-11-17/h4-6,10-11,18-19H,7-9,12-16H2,1-3H3/t18-,19+/m1/s1. The van der Waals surface area contributed by atoms with E-state index >= 15 is 0 Å². The summed E-state index contributed by atoms with van der Waals surface area (Å²) in [4.78, 5) is 42.4. The highest BCUT2D eigenvalue weighted by Crippen LogP contribution is 2.29. The van der Waals surface area contributed by atoms with Crippen LogP contribution in [0.2, 0.25) is 0 Å². The fourth-order valence-corrected chi connectivity index (χ4v) is 4.06. The van der Waals surface area contributed by atoms with Gasteiger partial charge in [-0.25, -0.2) is 9.59 Å². The number of carbonyl (C=O) groups is 3. The van der Waals surface area contributed by atoms with E-state index in [-0.39, 0.29) is 12.5 Å². The maximum absolute atomic E-state index is 13.2. The van der Waals surface area contributed by atoms with Gasteiger partial charge < -0.3 is 14.4 Å². The van der Waals surface area contributed by atoms with Gasteiger partial charge in [-0.3, -0.25) is 9.69 Å². The van der Waals surface area contributed by atoms with Crippen LogP contribution in [0.1, 0.15) is 52.0 Å². The summed E-state index contributed by atoms with van der Waals surface area (Å²) in [5, 5.41) is 0. The molecule has 0 spiro atoms. The lowest BCUT2D eigenvalue weighted by Crippen LogP contribution is -2.57. The summed E-state index contributed by atoms with van der Waals surface area (Å²) in [6, 6.07) is 8.40. The lowest BCUT2D eigenvalue weighted by atomic mass is 9.88. The average molecular weight is 417 g/mol. The van der Waals surface area contributed by atoms with E-state index in [0.717, 1.165) is 18.4 Å². The first-order valence-corrected chi connectivity index (χ1v) is 10.8. The van der Waals surface area contributed by atoms with Crippen molar-refractivity contribution in [2.24, 2.45) is 5.92 Å². The summed E-state index contributed by atoms with van der Waals surface area (Å²) in [6.07, 6.45) is 2.56. The van der Waals surface area contributed by atoms with E-state index in [1.165, 1.54) is 4.90 Å².